The van der Waals surface area contributed by atoms with Gasteiger partial charge in [-0.3, -0.25) is 10.1 Å². The maximum absolute atomic E-state index is 12.3. The van der Waals surface area contributed by atoms with E-state index in [2.05, 4.69) is 16.4 Å². The average Bonchev–Trinajstić information content (AvgIpc) is 3.23. The smallest absolute Gasteiger partial charge is 0.257 e. The van der Waals surface area contributed by atoms with E-state index < -0.39 is 0 Å². The van der Waals surface area contributed by atoms with Gasteiger partial charge in [-0.05, 0) is 42.8 Å². The summed E-state index contributed by atoms with van der Waals surface area (Å²) in [6, 6.07) is 13.6. The van der Waals surface area contributed by atoms with Crippen LogP contribution < -0.4 is 10.1 Å². The summed E-state index contributed by atoms with van der Waals surface area (Å²) in [5.74, 6) is 0.823. The van der Waals surface area contributed by atoms with Crippen LogP contribution in [0.2, 0.25) is 0 Å². The van der Waals surface area contributed by atoms with Crippen molar-refractivity contribution in [2.24, 2.45) is 0 Å². The van der Waals surface area contributed by atoms with Crippen molar-refractivity contribution >= 4 is 22.4 Å². The van der Waals surface area contributed by atoms with E-state index in [0.29, 0.717) is 10.7 Å². The second kappa shape index (κ2) is 6.09. The monoisotopic (exact) mass is 336 g/mol. The fourth-order valence-corrected chi connectivity index (χ4v) is 3.48. The molecule has 3 aromatic rings. The van der Waals surface area contributed by atoms with Crippen LogP contribution in [0.4, 0.5) is 5.13 Å². The maximum Gasteiger partial charge on any atom is 0.257 e. The van der Waals surface area contributed by atoms with Gasteiger partial charge >= 0.3 is 0 Å². The quantitative estimate of drug-likeness (QED) is 0.775. The number of fused-ring (bicyclic) bond motifs is 1. The van der Waals surface area contributed by atoms with Gasteiger partial charge in [0.05, 0.1) is 12.3 Å². The molecule has 0 spiro atoms. The average molecular weight is 336 g/mol. The normalized spacial score (nSPS) is 12.5. The zero-order valence-electron chi connectivity index (χ0n) is 13.2. The van der Waals surface area contributed by atoms with Gasteiger partial charge in [-0.1, -0.05) is 17.7 Å². The second-order valence-electron chi connectivity index (χ2n) is 5.78. The van der Waals surface area contributed by atoms with Crippen LogP contribution in [0, 0.1) is 6.92 Å². The molecule has 4 rings (SSSR count). The van der Waals surface area contributed by atoms with E-state index in [1.807, 2.05) is 42.6 Å². The Kier molecular flexibility index (Phi) is 3.78. The molecule has 0 fully saturated rings. The predicted octanol–water partition coefficient (Wildman–Crippen LogP) is 4.31. The van der Waals surface area contributed by atoms with Crippen LogP contribution in [0.1, 0.15) is 21.5 Å². The molecule has 1 aliphatic heterocycles. The molecule has 1 amide bonds. The molecule has 24 heavy (non-hydrogen) atoms. The number of benzene rings is 2. The van der Waals surface area contributed by atoms with E-state index in [0.717, 1.165) is 35.6 Å². The lowest BCUT2D eigenvalue weighted by atomic mass is 10.1. The summed E-state index contributed by atoms with van der Waals surface area (Å²) in [5, 5.41) is 5.44. The van der Waals surface area contributed by atoms with Crippen molar-refractivity contribution in [1.82, 2.24) is 4.98 Å². The molecule has 1 aliphatic rings. The molecule has 1 aromatic heterocycles. The Morgan fingerprint density at radius 3 is 3.04 bits per heavy atom. The highest BCUT2D eigenvalue weighted by Gasteiger charge is 2.15. The first-order valence-corrected chi connectivity index (χ1v) is 8.67. The molecule has 0 aliphatic carbocycles. The lowest BCUT2D eigenvalue weighted by Crippen LogP contribution is -2.11. The van der Waals surface area contributed by atoms with Crippen molar-refractivity contribution in [3.63, 3.8) is 0 Å². The lowest BCUT2D eigenvalue weighted by Gasteiger charge is -2.03. The number of amides is 1. The Morgan fingerprint density at radius 1 is 1.25 bits per heavy atom. The topological polar surface area (TPSA) is 51.2 Å². The van der Waals surface area contributed by atoms with Crippen LogP contribution >= 0.6 is 11.3 Å². The molecule has 2 heterocycles. The second-order valence-corrected chi connectivity index (χ2v) is 6.64. The highest BCUT2D eigenvalue weighted by molar-refractivity contribution is 7.14. The molecule has 0 atom stereocenters. The van der Waals surface area contributed by atoms with Gasteiger partial charge in [-0.2, -0.15) is 0 Å². The van der Waals surface area contributed by atoms with Crippen LogP contribution in [0.25, 0.3) is 11.3 Å². The summed E-state index contributed by atoms with van der Waals surface area (Å²) >= 11 is 1.43. The molecule has 120 valence electrons. The summed E-state index contributed by atoms with van der Waals surface area (Å²) in [6.45, 7) is 2.71. The fraction of sp³-hybridized carbons (Fsp3) is 0.158. The summed E-state index contributed by atoms with van der Waals surface area (Å²) in [5.41, 5.74) is 4.83. The van der Waals surface area contributed by atoms with Crippen molar-refractivity contribution in [2.45, 2.75) is 13.3 Å². The van der Waals surface area contributed by atoms with Crippen LogP contribution in [-0.4, -0.2) is 17.5 Å². The number of anilines is 1. The molecule has 5 heteroatoms. The summed E-state index contributed by atoms with van der Waals surface area (Å²) in [7, 11) is 0. The van der Waals surface area contributed by atoms with Crippen LogP contribution in [-0.2, 0) is 6.42 Å². The van der Waals surface area contributed by atoms with Crippen molar-refractivity contribution in [1.29, 1.82) is 0 Å². The zero-order chi connectivity index (χ0) is 16.5. The molecule has 0 unspecified atom stereocenters. The molecular formula is C19H16N2O2S. The third-order valence-electron chi connectivity index (χ3n) is 3.99. The lowest BCUT2D eigenvalue weighted by molar-refractivity contribution is 0.102. The highest BCUT2D eigenvalue weighted by atomic mass is 32.1. The van der Waals surface area contributed by atoms with Gasteiger partial charge in [0.2, 0.25) is 0 Å². The largest absolute Gasteiger partial charge is 0.493 e. The van der Waals surface area contributed by atoms with Crippen LogP contribution in [0.5, 0.6) is 5.75 Å². The third kappa shape index (κ3) is 2.90. The van der Waals surface area contributed by atoms with Crippen molar-refractivity contribution in [3.8, 4) is 17.0 Å². The van der Waals surface area contributed by atoms with Crippen molar-refractivity contribution < 1.29 is 9.53 Å². The van der Waals surface area contributed by atoms with E-state index in [1.165, 1.54) is 16.9 Å². The Hall–Kier alpha value is -2.66. The number of ether oxygens (including phenoxy) is 1. The molecule has 1 N–H and O–H groups in total. The number of aryl methyl sites for hydroxylation is 1. The summed E-state index contributed by atoms with van der Waals surface area (Å²) in [4.78, 5) is 16.8. The fourth-order valence-electron chi connectivity index (χ4n) is 2.77. The van der Waals surface area contributed by atoms with E-state index >= 15 is 0 Å². The van der Waals surface area contributed by atoms with Gasteiger partial charge in [0.15, 0.2) is 5.13 Å². The van der Waals surface area contributed by atoms with Gasteiger partial charge in [-0.25, -0.2) is 4.98 Å². The number of carbonyl (C=O) groups is 1. The summed E-state index contributed by atoms with van der Waals surface area (Å²) < 4.78 is 5.53. The number of nitrogens with one attached hydrogen (secondary N) is 1. The van der Waals surface area contributed by atoms with Gasteiger partial charge in [0, 0.05) is 22.9 Å². The maximum atomic E-state index is 12.3. The predicted molar refractivity (Wildman–Crippen MR) is 95.9 cm³/mol. The molecule has 0 bridgehead atoms. The molecule has 0 saturated carbocycles. The third-order valence-corrected chi connectivity index (χ3v) is 4.75. The van der Waals surface area contributed by atoms with Crippen LogP contribution in [0.3, 0.4) is 0 Å². The highest BCUT2D eigenvalue weighted by Crippen LogP contribution is 2.32. The Morgan fingerprint density at radius 2 is 2.17 bits per heavy atom. The van der Waals surface area contributed by atoms with Gasteiger partial charge in [0.1, 0.15) is 5.75 Å². The molecular weight excluding hydrogens is 320 g/mol. The van der Waals surface area contributed by atoms with Gasteiger partial charge in [-0.15, -0.1) is 11.3 Å². The van der Waals surface area contributed by atoms with E-state index in [9.17, 15) is 4.79 Å². The number of carbonyl (C=O) groups excluding carboxylic acids is 1. The number of thiazole rings is 1. The van der Waals surface area contributed by atoms with E-state index in [-0.39, 0.29) is 5.91 Å². The van der Waals surface area contributed by atoms with Crippen LogP contribution in [0.15, 0.2) is 47.8 Å². The summed E-state index contributed by atoms with van der Waals surface area (Å²) in [6.07, 6.45) is 0.935. The first kappa shape index (κ1) is 14.9. The van der Waals surface area contributed by atoms with E-state index in [4.69, 9.17) is 4.74 Å². The number of hydrogen-bond donors (Lipinski definition) is 1. The SMILES string of the molecule is Cc1cccc(C(=O)Nc2nc(-c3ccc4c(c3)CCO4)cs2)c1. The minimum absolute atomic E-state index is 0.137. The Labute approximate surface area is 144 Å². The van der Waals surface area contributed by atoms with Gasteiger partial charge in [0.25, 0.3) is 5.91 Å². The first-order valence-electron chi connectivity index (χ1n) is 7.79. The number of hydrogen-bond acceptors (Lipinski definition) is 4. The van der Waals surface area contributed by atoms with Crippen molar-refractivity contribution in [3.05, 3.63) is 64.5 Å². The molecule has 2 aromatic carbocycles. The molecule has 4 nitrogen and oxygen atoms in total. The first-order chi connectivity index (χ1) is 11.7. The zero-order valence-corrected chi connectivity index (χ0v) is 14.0. The van der Waals surface area contributed by atoms with Crippen molar-refractivity contribution in [2.75, 3.05) is 11.9 Å². The number of aromatic nitrogens is 1. The number of nitrogens with zero attached hydrogens (tertiary/aromatic N) is 1. The number of rotatable bonds is 3. The van der Waals surface area contributed by atoms with E-state index in [1.54, 1.807) is 6.07 Å². The Bertz CT molecular complexity index is 917. The minimum Gasteiger partial charge on any atom is -0.493 e. The molecule has 0 saturated heterocycles. The van der Waals surface area contributed by atoms with Gasteiger partial charge < -0.3 is 4.74 Å². The molecule has 0 radical (unpaired) electrons. The minimum atomic E-state index is -0.137. The standard InChI is InChI=1S/C19H16N2O2S/c1-12-3-2-4-15(9-12)18(22)21-19-20-16(11-24-19)13-5-6-17-14(10-13)7-8-23-17/h2-6,9-11H,7-8H2,1H3,(H,20,21,22). The Balaban J connectivity index is 1.53.